The second-order valence-electron chi connectivity index (χ2n) is 24.2. The third kappa shape index (κ3) is 11.0. The van der Waals surface area contributed by atoms with Crippen molar-refractivity contribution in [3.63, 3.8) is 0 Å². The molecule has 4 N–H and O–H groups in total. The van der Waals surface area contributed by atoms with Gasteiger partial charge in [-0.25, -0.2) is 19.9 Å². The van der Waals surface area contributed by atoms with E-state index in [1.165, 1.54) is 111 Å². The van der Waals surface area contributed by atoms with Gasteiger partial charge in [-0.2, -0.15) is 0 Å². The molecule has 0 amide bonds. The number of allylic oxidation sites excluding steroid dienone is 8. The lowest BCUT2D eigenvalue weighted by Crippen LogP contribution is -1.96. The van der Waals surface area contributed by atoms with Crippen molar-refractivity contribution in [2.45, 2.75) is 214 Å². The predicted octanol–water partition coefficient (Wildman–Crippen LogP) is 21.2. The molecule has 7 aromatic rings. The lowest BCUT2D eigenvalue weighted by Gasteiger charge is -2.08. The summed E-state index contributed by atoms with van der Waals surface area (Å²) in [5.74, 6) is 15.2. The maximum atomic E-state index is 5.70. The van der Waals surface area contributed by atoms with Gasteiger partial charge in [-0.1, -0.05) is 141 Å². The van der Waals surface area contributed by atoms with Crippen molar-refractivity contribution in [3.05, 3.63) is 173 Å². The van der Waals surface area contributed by atoms with Gasteiger partial charge < -0.3 is 19.9 Å². The van der Waals surface area contributed by atoms with Gasteiger partial charge in [0.1, 0.15) is 0 Å². The summed E-state index contributed by atoms with van der Waals surface area (Å²) in [5, 5.41) is 0. The number of hydrogen-bond acceptors (Lipinski definition) is 4. The molecule has 4 aliphatic rings. The van der Waals surface area contributed by atoms with Crippen LogP contribution in [0.5, 0.6) is 0 Å². The third-order valence-electron chi connectivity index (χ3n) is 19.7. The lowest BCUT2D eigenvalue weighted by molar-refractivity contribution is 1.07. The molecular formula is C82H94N8. The Hall–Kier alpha value is -8.46. The Morgan fingerprint density at radius 2 is 0.456 bits per heavy atom. The van der Waals surface area contributed by atoms with Gasteiger partial charge in [-0.05, 0) is 246 Å². The van der Waals surface area contributed by atoms with E-state index in [1.807, 2.05) is 0 Å². The standard InChI is InChI=1S/C82H94N8/c1-17-49-53(21-5)71-43-75-57(25-9)61(29-13)79(87-75)65(80-62(30-14)58(26-10)76(88-80)44-72-54(22-6)50(18-2)68(84-72)41-67(49)83-71)38-36-47-34-33-35-48(40-47)37-39-66-81-63(31-15)59(27-11)77(89-81)45-73-55(23-7)51(19-3)69(85-73)42-70-52(20-4)56(24-8)74(86-70)46-78-60(28-12)64(32-16)82(66)90-78/h33-35,40-46,83-86H,17-32H2,1-16H3. The van der Waals surface area contributed by atoms with Gasteiger partial charge >= 0.3 is 0 Å². The SMILES string of the molecule is CCC1=C(CC)c2nc1cc1[nH]c(cc3[nH]c(cc4nc(c2C#Cc2cccc(C#Cc5c6nc(cc7[nH]c(cc8[nH]c(cc9nc5C(CC)=C9CC)c(CC)c8CC)c(CC)c7CC)C(CC)=C6CC)c2)C(CC)=C4CC)c(CC)c3CC)c(CC)c1CC. The van der Waals surface area contributed by atoms with E-state index in [4.69, 9.17) is 19.9 Å². The van der Waals surface area contributed by atoms with Gasteiger partial charge in [-0.15, -0.1) is 0 Å². The molecule has 90 heavy (non-hydrogen) atoms. The molecule has 11 rings (SSSR count). The van der Waals surface area contributed by atoms with E-state index in [-0.39, 0.29) is 0 Å². The smallest absolute Gasteiger partial charge is 0.0851 e. The molecule has 0 atom stereocenters. The number of nitrogens with zero attached hydrogens (tertiary/aromatic N) is 4. The largest absolute Gasteiger partial charge is 0.355 e. The van der Waals surface area contributed by atoms with Gasteiger partial charge in [0.05, 0.1) is 56.7 Å². The Balaban J connectivity index is 1.19. The highest BCUT2D eigenvalue weighted by Gasteiger charge is 2.30. The van der Waals surface area contributed by atoms with E-state index in [0.717, 1.165) is 193 Å². The van der Waals surface area contributed by atoms with Crippen molar-refractivity contribution in [2.75, 3.05) is 0 Å². The molecule has 462 valence electrons. The van der Waals surface area contributed by atoms with Crippen molar-refractivity contribution >= 4 is 88.7 Å². The number of hydrogen-bond donors (Lipinski definition) is 4. The summed E-state index contributed by atoms with van der Waals surface area (Å²) in [6.45, 7) is 36.4. The summed E-state index contributed by atoms with van der Waals surface area (Å²) in [7, 11) is 0. The van der Waals surface area contributed by atoms with E-state index < -0.39 is 0 Å². The second-order valence-corrected chi connectivity index (χ2v) is 24.2. The van der Waals surface area contributed by atoms with Crippen molar-refractivity contribution in [3.8, 4) is 23.7 Å². The summed E-state index contributed by atoms with van der Waals surface area (Å²) < 4.78 is 0. The summed E-state index contributed by atoms with van der Waals surface area (Å²) in [6, 6.07) is 22.5. The first kappa shape index (κ1) is 63.1. The molecule has 8 heteroatoms. The molecule has 8 nitrogen and oxygen atoms in total. The van der Waals surface area contributed by atoms with Crippen molar-refractivity contribution in [2.24, 2.45) is 0 Å². The second kappa shape index (κ2) is 26.9. The molecule has 0 unspecified atom stereocenters. The Kier molecular flexibility index (Phi) is 18.9. The van der Waals surface area contributed by atoms with Crippen LogP contribution < -0.4 is 0 Å². The number of aromatic amines is 4. The molecule has 16 bridgehead atoms. The number of nitrogens with one attached hydrogen (secondary N) is 4. The van der Waals surface area contributed by atoms with E-state index in [9.17, 15) is 0 Å². The molecule has 0 aliphatic carbocycles. The van der Waals surface area contributed by atoms with Gasteiger partial charge in [0.25, 0.3) is 0 Å². The monoisotopic (exact) mass is 1190 g/mol. The van der Waals surface area contributed by atoms with Crippen LogP contribution in [0.2, 0.25) is 0 Å². The van der Waals surface area contributed by atoms with Gasteiger partial charge in [0.15, 0.2) is 0 Å². The predicted molar refractivity (Wildman–Crippen MR) is 385 cm³/mol. The fourth-order valence-electron chi connectivity index (χ4n) is 15.6. The average Bonchev–Trinajstić information content (AvgIpc) is 1.73. The molecule has 6 aromatic heterocycles. The van der Waals surface area contributed by atoms with E-state index in [2.05, 4.69) is 215 Å². The first-order valence-corrected chi connectivity index (χ1v) is 34.5. The summed E-state index contributed by atoms with van der Waals surface area (Å²) >= 11 is 0. The van der Waals surface area contributed by atoms with Crippen LogP contribution in [0, 0.1) is 23.7 Å². The Morgan fingerprint density at radius 3 is 0.656 bits per heavy atom. The van der Waals surface area contributed by atoms with Crippen LogP contribution in [-0.4, -0.2) is 39.9 Å². The molecule has 0 fully saturated rings. The Bertz CT molecular complexity index is 4130. The lowest BCUT2D eigenvalue weighted by atomic mass is 9.93. The van der Waals surface area contributed by atoms with Crippen molar-refractivity contribution in [1.82, 2.24) is 39.9 Å². The topological polar surface area (TPSA) is 115 Å². The van der Waals surface area contributed by atoms with E-state index >= 15 is 0 Å². The Labute approximate surface area is 535 Å². The van der Waals surface area contributed by atoms with Crippen molar-refractivity contribution in [1.29, 1.82) is 0 Å². The molecule has 0 saturated heterocycles. The van der Waals surface area contributed by atoms with Gasteiger partial charge in [0, 0.05) is 55.3 Å². The van der Waals surface area contributed by atoms with Crippen LogP contribution in [0.4, 0.5) is 0 Å². The van der Waals surface area contributed by atoms with Gasteiger partial charge in [0.2, 0.25) is 0 Å². The van der Waals surface area contributed by atoms with Crippen LogP contribution in [-0.2, 0) is 51.4 Å². The van der Waals surface area contributed by atoms with Crippen LogP contribution in [0.3, 0.4) is 0 Å². The molecule has 1 aromatic carbocycles. The maximum Gasteiger partial charge on any atom is 0.0851 e. The zero-order chi connectivity index (χ0) is 63.7. The minimum absolute atomic E-state index is 0.817. The zero-order valence-corrected chi connectivity index (χ0v) is 56.9. The normalized spacial score (nSPS) is 13.2. The highest BCUT2D eigenvalue weighted by Crippen LogP contribution is 2.44. The number of aromatic nitrogens is 8. The van der Waals surface area contributed by atoms with Crippen LogP contribution in [0.25, 0.3) is 88.7 Å². The zero-order valence-electron chi connectivity index (χ0n) is 56.9. The quantitative estimate of drug-likeness (QED) is 0.0722. The first-order chi connectivity index (χ1) is 43.9. The fraction of sp³-hybridized carbons (Fsp3) is 0.390. The number of benzene rings is 1. The minimum atomic E-state index is 0.817. The first-order valence-electron chi connectivity index (χ1n) is 34.5. The summed E-state index contributed by atoms with van der Waals surface area (Å²) in [4.78, 5) is 38.6. The van der Waals surface area contributed by atoms with E-state index in [1.54, 1.807) is 0 Å². The number of aryl methyl sites for hydroxylation is 8. The molecule has 0 spiro atoms. The number of H-pyrrole nitrogens is 4. The molecule has 0 radical (unpaired) electrons. The average molecular weight is 1190 g/mol. The highest BCUT2D eigenvalue weighted by atomic mass is 14.8. The highest BCUT2D eigenvalue weighted by molar-refractivity contribution is 6.01. The summed E-state index contributed by atoms with van der Waals surface area (Å²) in [5.41, 5.74) is 41.3. The molecule has 10 heterocycles. The summed E-state index contributed by atoms with van der Waals surface area (Å²) in [6.07, 6.45) is 14.1. The minimum Gasteiger partial charge on any atom is -0.355 e. The van der Waals surface area contributed by atoms with Crippen LogP contribution in [0.1, 0.15) is 274 Å². The van der Waals surface area contributed by atoms with E-state index in [0.29, 0.717) is 0 Å². The number of fused-ring (bicyclic) bond motifs is 16. The van der Waals surface area contributed by atoms with Crippen LogP contribution >= 0.6 is 0 Å². The number of rotatable bonds is 16. The third-order valence-corrected chi connectivity index (χ3v) is 19.7. The molecular weight excluding hydrogens is 1100 g/mol. The fourth-order valence-corrected chi connectivity index (χ4v) is 15.6. The maximum absolute atomic E-state index is 5.70. The van der Waals surface area contributed by atoms with Crippen LogP contribution in [0.15, 0.2) is 60.7 Å². The van der Waals surface area contributed by atoms with Gasteiger partial charge in [-0.3, -0.25) is 0 Å². The van der Waals surface area contributed by atoms with Crippen molar-refractivity contribution < 1.29 is 0 Å². The molecule has 4 aliphatic heterocycles. The molecule has 0 saturated carbocycles. The Morgan fingerprint density at radius 1 is 0.244 bits per heavy atom.